The molecule has 172 valence electrons. The lowest BCUT2D eigenvalue weighted by Crippen LogP contribution is -2.56. The Bertz CT molecular complexity index is 808. The number of allylic oxidation sites excluding steroid dienone is 1. The molecule has 4 aliphatic carbocycles. The molecule has 2 N–H and O–H groups in total. The minimum absolute atomic E-state index is 0.165. The van der Waals surface area contributed by atoms with Gasteiger partial charge in [0.05, 0.1) is 24.9 Å². The van der Waals surface area contributed by atoms with Crippen molar-refractivity contribution >= 4 is 0 Å². The van der Waals surface area contributed by atoms with Crippen molar-refractivity contribution in [1.29, 1.82) is 0 Å². The molecule has 2 aliphatic heterocycles. The summed E-state index contributed by atoms with van der Waals surface area (Å²) in [6.45, 7) is 12.0. The van der Waals surface area contributed by atoms with Crippen LogP contribution in [-0.2, 0) is 9.47 Å². The first-order valence-electron chi connectivity index (χ1n) is 12.7. The summed E-state index contributed by atoms with van der Waals surface area (Å²) in [6, 6.07) is 0. The summed E-state index contributed by atoms with van der Waals surface area (Å²) in [5, 5.41) is 21.4. The molecule has 6 aliphatic rings. The third-order valence-electron chi connectivity index (χ3n) is 11.2. The van der Waals surface area contributed by atoms with Gasteiger partial charge in [-0.15, -0.1) is 0 Å². The van der Waals surface area contributed by atoms with Gasteiger partial charge in [0.25, 0.3) is 0 Å². The van der Waals surface area contributed by atoms with Crippen molar-refractivity contribution in [3.05, 3.63) is 23.8 Å². The first-order valence-corrected chi connectivity index (χ1v) is 12.7. The predicted molar refractivity (Wildman–Crippen MR) is 119 cm³/mol. The van der Waals surface area contributed by atoms with Gasteiger partial charge in [-0.25, -0.2) is 0 Å². The highest BCUT2D eigenvalue weighted by Gasteiger charge is 2.69. The molecule has 2 heterocycles. The smallest absolute Gasteiger partial charge is 0.172 e. The van der Waals surface area contributed by atoms with Gasteiger partial charge in [-0.1, -0.05) is 44.6 Å². The predicted octanol–water partition coefficient (Wildman–Crippen LogP) is 4.60. The van der Waals surface area contributed by atoms with Gasteiger partial charge in [0.1, 0.15) is 0 Å². The van der Waals surface area contributed by atoms with Gasteiger partial charge in [0.15, 0.2) is 5.79 Å². The number of hydrogen-bond donors (Lipinski definition) is 2. The second kappa shape index (κ2) is 6.68. The SMILES string of the molecule is C=C1CC[C@@]2(OC1)O[C@H]1C[C@@H]3[C@@H]4CC=C5C[C@H](O)C[C@@H](O)[C@]5(C)[C@H]4CC[C@]3(C)[C@H]1[C@@H]2C. The second-order valence-corrected chi connectivity index (χ2v) is 12.3. The zero-order valence-corrected chi connectivity index (χ0v) is 19.5. The summed E-state index contributed by atoms with van der Waals surface area (Å²) < 4.78 is 13.2. The van der Waals surface area contributed by atoms with Crippen LogP contribution in [-0.4, -0.2) is 40.9 Å². The Morgan fingerprint density at radius 2 is 1.94 bits per heavy atom. The van der Waals surface area contributed by atoms with Crippen LogP contribution >= 0.6 is 0 Å². The van der Waals surface area contributed by atoms with E-state index in [-0.39, 0.29) is 16.9 Å². The number of aliphatic hydroxyl groups is 2. The van der Waals surface area contributed by atoms with E-state index in [0.29, 0.717) is 48.7 Å². The highest BCUT2D eigenvalue weighted by Crippen LogP contribution is 2.70. The van der Waals surface area contributed by atoms with Crippen LogP contribution in [0.5, 0.6) is 0 Å². The standard InChI is InChI=1S/C27H40O4/c1-15-7-10-27(30-14-15)16(2)24-22(31-27)13-21-19-6-5-17-11-18(28)12-23(29)26(17,4)20(19)8-9-25(21,24)3/h5,16,18-24,28-29H,1,6-14H2,2-4H3/t16-,18-,19+,20-,21+,22-,23+,24-,25-,26-,27+/m0/s1. The molecule has 0 aromatic heterocycles. The lowest BCUT2D eigenvalue weighted by Gasteiger charge is -2.59. The van der Waals surface area contributed by atoms with E-state index in [2.05, 4.69) is 33.4 Å². The molecular formula is C27H40O4. The molecule has 5 fully saturated rings. The van der Waals surface area contributed by atoms with E-state index in [1.54, 1.807) is 0 Å². The first-order chi connectivity index (χ1) is 14.7. The molecule has 31 heavy (non-hydrogen) atoms. The summed E-state index contributed by atoms with van der Waals surface area (Å²) in [5.41, 5.74) is 2.63. The number of hydrogen-bond acceptors (Lipinski definition) is 4. The van der Waals surface area contributed by atoms with Crippen LogP contribution in [0.15, 0.2) is 23.8 Å². The fourth-order valence-electron chi connectivity index (χ4n) is 9.55. The summed E-state index contributed by atoms with van der Waals surface area (Å²) in [6.07, 6.45) is 9.75. The van der Waals surface area contributed by atoms with E-state index in [4.69, 9.17) is 9.47 Å². The van der Waals surface area contributed by atoms with E-state index in [1.165, 1.54) is 24.0 Å². The number of aliphatic hydroxyl groups excluding tert-OH is 2. The van der Waals surface area contributed by atoms with Gasteiger partial charge in [-0.3, -0.25) is 0 Å². The fourth-order valence-corrected chi connectivity index (χ4v) is 9.55. The second-order valence-electron chi connectivity index (χ2n) is 12.3. The topological polar surface area (TPSA) is 58.9 Å². The van der Waals surface area contributed by atoms with Crippen molar-refractivity contribution in [1.82, 2.24) is 0 Å². The Balaban J connectivity index is 1.30. The van der Waals surface area contributed by atoms with Crippen molar-refractivity contribution in [3.8, 4) is 0 Å². The third-order valence-corrected chi connectivity index (χ3v) is 11.2. The van der Waals surface area contributed by atoms with Crippen LogP contribution in [0, 0.1) is 40.4 Å². The van der Waals surface area contributed by atoms with Crippen molar-refractivity contribution in [2.45, 2.75) is 96.2 Å². The van der Waals surface area contributed by atoms with Crippen LogP contribution < -0.4 is 0 Å². The summed E-state index contributed by atoms with van der Waals surface area (Å²) >= 11 is 0. The van der Waals surface area contributed by atoms with E-state index >= 15 is 0 Å². The highest BCUT2D eigenvalue weighted by atomic mass is 16.7. The minimum atomic E-state index is -0.428. The van der Waals surface area contributed by atoms with Gasteiger partial charge in [0, 0.05) is 24.2 Å². The van der Waals surface area contributed by atoms with Gasteiger partial charge in [0.2, 0.25) is 0 Å². The maximum absolute atomic E-state index is 11.1. The average molecular weight is 429 g/mol. The largest absolute Gasteiger partial charge is 0.393 e. The highest BCUT2D eigenvalue weighted by molar-refractivity contribution is 5.28. The third kappa shape index (κ3) is 2.62. The molecule has 0 unspecified atom stereocenters. The van der Waals surface area contributed by atoms with Crippen LogP contribution in [0.1, 0.15) is 72.1 Å². The minimum Gasteiger partial charge on any atom is -0.393 e. The first kappa shape index (κ1) is 20.9. The van der Waals surface area contributed by atoms with Gasteiger partial charge in [-0.2, -0.15) is 0 Å². The molecular weight excluding hydrogens is 388 g/mol. The van der Waals surface area contributed by atoms with Crippen LogP contribution in [0.4, 0.5) is 0 Å². The monoisotopic (exact) mass is 428 g/mol. The molecule has 4 heteroatoms. The molecule has 3 saturated carbocycles. The molecule has 0 radical (unpaired) electrons. The molecule has 0 aromatic carbocycles. The van der Waals surface area contributed by atoms with Crippen molar-refractivity contribution in [2.24, 2.45) is 40.4 Å². The maximum atomic E-state index is 11.1. The molecule has 6 rings (SSSR count). The van der Waals surface area contributed by atoms with Gasteiger partial charge >= 0.3 is 0 Å². The van der Waals surface area contributed by atoms with E-state index < -0.39 is 11.9 Å². The lowest BCUT2D eigenvalue weighted by molar-refractivity contribution is -0.255. The quantitative estimate of drug-likeness (QED) is 0.554. The maximum Gasteiger partial charge on any atom is 0.172 e. The number of rotatable bonds is 0. The fraction of sp³-hybridized carbons (Fsp3) is 0.852. The summed E-state index contributed by atoms with van der Waals surface area (Å²) in [4.78, 5) is 0. The lowest BCUT2D eigenvalue weighted by atomic mass is 9.46. The average Bonchev–Trinajstić information content (AvgIpc) is 3.16. The van der Waals surface area contributed by atoms with Gasteiger partial charge in [-0.05, 0) is 67.6 Å². The van der Waals surface area contributed by atoms with E-state index in [9.17, 15) is 10.2 Å². The van der Waals surface area contributed by atoms with Crippen LogP contribution in [0.3, 0.4) is 0 Å². The normalized spacial score (nSPS) is 58.4. The Hall–Kier alpha value is -0.680. The van der Waals surface area contributed by atoms with Crippen molar-refractivity contribution in [2.75, 3.05) is 6.61 Å². The van der Waals surface area contributed by atoms with E-state index in [1.807, 2.05) is 0 Å². The molecule has 1 spiro atoms. The molecule has 4 nitrogen and oxygen atoms in total. The van der Waals surface area contributed by atoms with E-state index in [0.717, 1.165) is 32.1 Å². The Labute approximate surface area is 187 Å². The molecule has 2 saturated heterocycles. The Kier molecular flexibility index (Phi) is 4.50. The Morgan fingerprint density at radius 1 is 1.13 bits per heavy atom. The van der Waals surface area contributed by atoms with Gasteiger partial charge < -0.3 is 19.7 Å². The molecule has 0 aromatic rings. The molecule has 11 atom stereocenters. The summed E-state index contributed by atoms with van der Waals surface area (Å²) in [5.74, 6) is 2.35. The van der Waals surface area contributed by atoms with Crippen molar-refractivity contribution in [3.63, 3.8) is 0 Å². The Morgan fingerprint density at radius 3 is 2.68 bits per heavy atom. The number of ether oxygens (including phenoxy) is 2. The van der Waals surface area contributed by atoms with Crippen LogP contribution in [0.2, 0.25) is 0 Å². The summed E-state index contributed by atoms with van der Waals surface area (Å²) in [7, 11) is 0. The number of fused-ring (bicyclic) bond motifs is 7. The molecule has 0 amide bonds. The van der Waals surface area contributed by atoms with Crippen molar-refractivity contribution < 1.29 is 19.7 Å². The zero-order chi connectivity index (χ0) is 21.8. The van der Waals surface area contributed by atoms with Crippen LogP contribution in [0.25, 0.3) is 0 Å². The zero-order valence-electron chi connectivity index (χ0n) is 19.5. The molecule has 0 bridgehead atoms.